The van der Waals surface area contributed by atoms with Crippen LogP contribution >= 0.6 is 0 Å². The third kappa shape index (κ3) is 2.54. The quantitative estimate of drug-likeness (QED) is 0.704. The van der Waals surface area contributed by atoms with Crippen LogP contribution in [0.5, 0.6) is 5.75 Å². The molecule has 1 heterocycles. The fourth-order valence-corrected chi connectivity index (χ4v) is 2.04. The Morgan fingerprint density at radius 3 is 2.94 bits per heavy atom. The van der Waals surface area contributed by atoms with Gasteiger partial charge in [-0.25, -0.2) is 4.98 Å². The van der Waals surface area contributed by atoms with Crippen molar-refractivity contribution in [3.05, 3.63) is 30.5 Å². The van der Waals surface area contributed by atoms with Gasteiger partial charge in [0.25, 0.3) is 0 Å². The third-order valence-corrected chi connectivity index (χ3v) is 3.18. The lowest BCUT2D eigenvalue weighted by atomic mass is 10.1. The van der Waals surface area contributed by atoms with Gasteiger partial charge < -0.3 is 15.7 Å². The van der Waals surface area contributed by atoms with E-state index in [1.807, 2.05) is 12.1 Å². The van der Waals surface area contributed by atoms with Crippen LogP contribution in [0.25, 0.3) is 10.8 Å². The average molecular weight is 243 g/mol. The van der Waals surface area contributed by atoms with E-state index in [2.05, 4.69) is 15.6 Å². The molecular weight excluding hydrogens is 226 g/mol. The number of fused-ring (bicyclic) bond motifs is 1. The maximum Gasteiger partial charge on any atom is 0.133 e. The minimum absolute atomic E-state index is 0.273. The van der Waals surface area contributed by atoms with Crippen molar-refractivity contribution in [2.75, 3.05) is 18.4 Å². The maximum absolute atomic E-state index is 9.54. The number of hydrogen-bond donors (Lipinski definition) is 3. The Hall–Kier alpha value is -1.81. The predicted octanol–water partition coefficient (Wildman–Crippen LogP) is 2.10. The van der Waals surface area contributed by atoms with E-state index >= 15 is 0 Å². The first-order chi connectivity index (χ1) is 8.83. The molecule has 0 unspecified atom stereocenters. The van der Waals surface area contributed by atoms with Crippen molar-refractivity contribution in [2.24, 2.45) is 0 Å². The molecule has 1 fully saturated rings. The second-order valence-corrected chi connectivity index (χ2v) is 4.72. The van der Waals surface area contributed by atoms with Crippen LogP contribution in [0.15, 0.2) is 30.5 Å². The summed E-state index contributed by atoms with van der Waals surface area (Å²) in [6.45, 7) is 1.79. The summed E-state index contributed by atoms with van der Waals surface area (Å²) in [5, 5.41) is 18.3. The molecule has 0 aliphatic heterocycles. The first-order valence-corrected chi connectivity index (χ1v) is 6.38. The monoisotopic (exact) mass is 243 g/mol. The zero-order chi connectivity index (χ0) is 12.4. The van der Waals surface area contributed by atoms with Gasteiger partial charge in [0, 0.05) is 30.7 Å². The first kappa shape index (κ1) is 11.3. The van der Waals surface area contributed by atoms with Crippen LogP contribution in [-0.2, 0) is 0 Å². The van der Waals surface area contributed by atoms with Crippen LogP contribution in [0.2, 0.25) is 0 Å². The number of aromatic hydroxyl groups is 1. The average Bonchev–Trinajstić information content (AvgIpc) is 3.19. The summed E-state index contributed by atoms with van der Waals surface area (Å²) >= 11 is 0. The Bertz CT molecular complexity index is 552. The molecule has 2 aromatic rings. The molecule has 1 aliphatic carbocycles. The van der Waals surface area contributed by atoms with Crippen LogP contribution < -0.4 is 10.6 Å². The van der Waals surface area contributed by atoms with E-state index < -0.39 is 0 Å². The molecule has 3 N–H and O–H groups in total. The molecular formula is C14H17N3O. The Morgan fingerprint density at radius 2 is 2.11 bits per heavy atom. The van der Waals surface area contributed by atoms with Crippen molar-refractivity contribution >= 4 is 16.6 Å². The van der Waals surface area contributed by atoms with Gasteiger partial charge in [0.1, 0.15) is 11.6 Å². The van der Waals surface area contributed by atoms with Crippen molar-refractivity contribution < 1.29 is 5.11 Å². The number of rotatable bonds is 5. The van der Waals surface area contributed by atoms with Crippen LogP contribution in [0.1, 0.15) is 12.8 Å². The molecule has 0 spiro atoms. The van der Waals surface area contributed by atoms with Crippen LogP contribution in [0, 0.1) is 0 Å². The Morgan fingerprint density at radius 1 is 1.22 bits per heavy atom. The number of pyridine rings is 1. The molecule has 4 nitrogen and oxygen atoms in total. The highest BCUT2D eigenvalue weighted by atomic mass is 16.3. The van der Waals surface area contributed by atoms with E-state index in [1.165, 1.54) is 12.8 Å². The van der Waals surface area contributed by atoms with Crippen molar-refractivity contribution in [3.63, 3.8) is 0 Å². The molecule has 3 rings (SSSR count). The summed E-state index contributed by atoms with van der Waals surface area (Å²) in [5.74, 6) is 1.11. The van der Waals surface area contributed by atoms with Crippen molar-refractivity contribution in [1.29, 1.82) is 0 Å². The molecule has 1 aromatic carbocycles. The lowest BCUT2D eigenvalue weighted by Crippen LogP contribution is -2.24. The van der Waals surface area contributed by atoms with Crippen molar-refractivity contribution in [3.8, 4) is 5.75 Å². The second-order valence-electron chi connectivity index (χ2n) is 4.72. The molecule has 4 heteroatoms. The molecule has 0 atom stereocenters. The maximum atomic E-state index is 9.54. The number of benzene rings is 1. The van der Waals surface area contributed by atoms with Gasteiger partial charge in [-0.2, -0.15) is 0 Å². The van der Waals surface area contributed by atoms with Crippen LogP contribution in [0.3, 0.4) is 0 Å². The summed E-state index contributed by atoms with van der Waals surface area (Å²) < 4.78 is 0. The molecule has 0 bridgehead atoms. The molecule has 0 saturated heterocycles. The van der Waals surface area contributed by atoms with Crippen molar-refractivity contribution in [2.45, 2.75) is 18.9 Å². The minimum Gasteiger partial charge on any atom is -0.508 e. The number of nitrogens with one attached hydrogen (secondary N) is 2. The smallest absolute Gasteiger partial charge is 0.133 e. The van der Waals surface area contributed by atoms with Gasteiger partial charge in [0.05, 0.1) is 0 Å². The molecule has 18 heavy (non-hydrogen) atoms. The number of phenolic OH excluding ortho intramolecular Hbond substituents is 1. The number of hydrogen-bond acceptors (Lipinski definition) is 4. The summed E-state index contributed by atoms with van der Waals surface area (Å²) in [5.41, 5.74) is 0. The van der Waals surface area contributed by atoms with Gasteiger partial charge in [0.2, 0.25) is 0 Å². The van der Waals surface area contributed by atoms with Crippen LogP contribution in [-0.4, -0.2) is 29.2 Å². The summed E-state index contributed by atoms with van der Waals surface area (Å²) in [6.07, 6.45) is 4.40. The minimum atomic E-state index is 0.273. The fraction of sp³-hybridized carbons (Fsp3) is 0.357. The first-order valence-electron chi connectivity index (χ1n) is 6.38. The SMILES string of the molecule is Oc1ccc2ccnc(NCCNC3CC3)c2c1. The van der Waals surface area contributed by atoms with E-state index in [0.29, 0.717) is 0 Å². The number of anilines is 1. The molecule has 0 radical (unpaired) electrons. The van der Waals surface area contributed by atoms with E-state index in [4.69, 9.17) is 0 Å². The van der Waals surface area contributed by atoms with Gasteiger partial charge >= 0.3 is 0 Å². The number of aromatic nitrogens is 1. The summed E-state index contributed by atoms with van der Waals surface area (Å²) in [6, 6.07) is 8.03. The lowest BCUT2D eigenvalue weighted by Gasteiger charge is -2.09. The standard InChI is InChI=1S/C14H17N3O/c18-12-4-1-10-5-6-16-14(13(10)9-12)17-8-7-15-11-2-3-11/h1,4-6,9,11,15,18H,2-3,7-8H2,(H,16,17). The van der Waals surface area contributed by atoms with E-state index in [-0.39, 0.29) is 5.75 Å². The van der Waals surface area contributed by atoms with Gasteiger partial charge in [-0.05, 0) is 36.4 Å². The van der Waals surface area contributed by atoms with E-state index in [1.54, 1.807) is 18.3 Å². The fourth-order valence-electron chi connectivity index (χ4n) is 2.04. The topological polar surface area (TPSA) is 57.2 Å². The predicted molar refractivity (Wildman–Crippen MR) is 72.9 cm³/mol. The normalized spacial score (nSPS) is 14.9. The van der Waals surface area contributed by atoms with Gasteiger partial charge in [-0.3, -0.25) is 0 Å². The Kier molecular flexibility index (Phi) is 3.02. The Balaban J connectivity index is 1.71. The highest BCUT2D eigenvalue weighted by Gasteiger charge is 2.19. The van der Waals surface area contributed by atoms with Crippen molar-refractivity contribution in [1.82, 2.24) is 10.3 Å². The molecule has 0 amide bonds. The van der Waals surface area contributed by atoms with Crippen LogP contribution in [0.4, 0.5) is 5.82 Å². The molecule has 1 aromatic heterocycles. The molecule has 1 aliphatic rings. The summed E-state index contributed by atoms with van der Waals surface area (Å²) in [4.78, 5) is 4.33. The zero-order valence-corrected chi connectivity index (χ0v) is 10.2. The van der Waals surface area contributed by atoms with Gasteiger partial charge in [0.15, 0.2) is 0 Å². The molecule has 1 saturated carbocycles. The molecule has 94 valence electrons. The lowest BCUT2D eigenvalue weighted by molar-refractivity contribution is 0.476. The third-order valence-electron chi connectivity index (χ3n) is 3.18. The van der Waals surface area contributed by atoms with E-state index in [0.717, 1.165) is 35.7 Å². The Labute approximate surface area is 106 Å². The van der Waals surface area contributed by atoms with E-state index in [9.17, 15) is 5.11 Å². The summed E-state index contributed by atoms with van der Waals surface area (Å²) in [7, 11) is 0. The second kappa shape index (κ2) is 4.82. The largest absolute Gasteiger partial charge is 0.508 e. The highest BCUT2D eigenvalue weighted by Crippen LogP contribution is 2.24. The number of phenols is 1. The number of nitrogens with zero attached hydrogens (tertiary/aromatic N) is 1. The van der Waals surface area contributed by atoms with Gasteiger partial charge in [-0.15, -0.1) is 0 Å². The highest BCUT2D eigenvalue weighted by molar-refractivity contribution is 5.92. The zero-order valence-electron chi connectivity index (χ0n) is 10.2. The van der Waals surface area contributed by atoms with Gasteiger partial charge in [-0.1, -0.05) is 6.07 Å².